The molecule has 0 amide bonds. The zero-order chi connectivity index (χ0) is 14.9. The highest BCUT2D eigenvalue weighted by atomic mass is 32.2. The van der Waals surface area contributed by atoms with Crippen LogP contribution in [0.3, 0.4) is 0 Å². The van der Waals surface area contributed by atoms with Gasteiger partial charge in [0.2, 0.25) is 10.0 Å². The molecule has 1 atom stereocenters. The monoisotopic (exact) mass is 311 g/mol. The molecule has 1 fully saturated rings. The number of sulfonamides is 1. The third kappa shape index (κ3) is 3.20. The molecule has 0 spiro atoms. The summed E-state index contributed by atoms with van der Waals surface area (Å²) in [6.07, 6.45) is 5.00. The fraction of sp³-hybridized carbons (Fsp3) is 0.643. The first kappa shape index (κ1) is 14.7. The lowest BCUT2D eigenvalue weighted by molar-refractivity contribution is 0.107. The second-order valence-corrected chi connectivity index (χ2v) is 7.95. The summed E-state index contributed by atoms with van der Waals surface area (Å²) in [5, 5.41) is 4.11. The zero-order valence-electron chi connectivity index (χ0n) is 12.0. The molecular formula is C14H21N3O3S. The van der Waals surface area contributed by atoms with Crippen LogP contribution in [-0.4, -0.2) is 47.5 Å². The molecule has 2 heterocycles. The summed E-state index contributed by atoms with van der Waals surface area (Å²) < 4.78 is 34.1. The normalized spacial score (nSPS) is 23.5. The van der Waals surface area contributed by atoms with Crippen LogP contribution < -0.4 is 0 Å². The van der Waals surface area contributed by atoms with Crippen LogP contribution in [0.15, 0.2) is 24.9 Å². The van der Waals surface area contributed by atoms with Crippen LogP contribution in [0, 0.1) is 5.92 Å². The van der Waals surface area contributed by atoms with E-state index in [1.807, 2.05) is 10.7 Å². The number of rotatable bonds is 6. The van der Waals surface area contributed by atoms with Gasteiger partial charge in [-0.05, 0) is 18.9 Å². The Kier molecular flexibility index (Phi) is 4.14. The van der Waals surface area contributed by atoms with Gasteiger partial charge in [0.15, 0.2) is 0 Å². The van der Waals surface area contributed by atoms with E-state index in [1.165, 1.54) is 0 Å². The number of hydrogen-bond donors (Lipinski definition) is 0. The fourth-order valence-corrected chi connectivity index (χ4v) is 4.57. The van der Waals surface area contributed by atoms with Gasteiger partial charge in [-0.15, -0.1) is 6.58 Å². The van der Waals surface area contributed by atoms with Crippen LogP contribution in [0.2, 0.25) is 0 Å². The molecule has 1 saturated carbocycles. The standard InChI is InChI=1S/C14H21N3O3S/c1-2-7-20-11-12-8-16(21(18,19)14-3-4-14)10-13-5-6-15-17(13)9-12/h2,5-6,12,14H,1,3-4,7-11H2. The largest absolute Gasteiger partial charge is 0.377 e. The van der Waals surface area contributed by atoms with E-state index < -0.39 is 10.0 Å². The SMILES string of the molecule is C=CCOCC1CN(S(=O)(=O)C2CC2)Cc2ccnn2C1. The number of nitrogens with zero attached hydrogens (tertiary/aromatic N) is 3. The summed E-state index contributed by atoms with van der Waals surface area (Å²) in [4.78, 5) is 0. The molecule has 0 radical (unpaired) electrons. The van der Waals surface area contributed by atoms with Crippen LogP contribution in [0.5, 0.6) is 0 Å². The second-order valence-electron chi connectivity index (χ2n) is 5.73. The first-order chi connectivity index (χ1) is 10.1. The smallest absolute Gasteiger partial charge is 0.217 e. The Bertz CT molecular complexity index is 607. The van der Waals surface area contributed by atoms with Crippen molar-refractivity contribution >= 4 is 10.0 Å². The van der Waals surface area contributed by atoms with E-state index in [9.17, 15) is 8.42 Å². The van der Waals surface area contributed by atoms with Gasteiger partial charge in [-0.3, -0.25) is 4.68 Å². The van der Waals surface area contributed by atoms with Gasteiger partial charge in [0.1, 0.15) is 0 Å². The molecule has 0 aromatic carbocycles. The van der Waals surface area contributed by atoms with Crippen molar-refractivity contribution in [1.82, 2.24) is 14.1 Å². The lowest BCUT2D eigenvalue weighted by Gasteiger charge is -2.23. The minimum Gasteiger partial charge on any atom is -0.377 e. The molecular weight excluding hydrogens is 290 g/mol. The van der Waals surface area contributed by atoms with Crippen molar-refractivity contribution in [3.63, 3.8) is 0 Å². The van der Waals surface area contributed by atoms with Gasteiger partial charge < -0.3 is 4.74 Å². The van der Waals surface area contributed by atoms with Gasteiger partial charge >= 0.3 is 0 Å². The van der Waals surface area contributed by atoms with Crippen LogP contribution in [-0.2, 0) is 27.8 Å². The summed E-state index contributed by atoms with van der Waals surface area (Å²) in [5.41, 5.74) is 0.949. The van der Waals surface area contributed by atoms with Gasteiger partial charge in [-0.25, -0.2) is 8.42 Å². The van der Waals surface area contributed by atoms with Crippen LogP contribution in [0.4, 0.5) is 0 Å². The fourth-order valence-electron chi connectivity index (χ4n) is 2.69. The predicted octanol–water partition coefficient (Wildman–Crippen LogP) is 1.01. The highest BCUT2D eigenvalue weighted by Gasteiger charge is 2.41. The average molecular weight is 311 g/mol. The minimum absolute atomic E-state index is 0.111. The van der Waals surface area contributed by atoms with Gasteiger partial charge in [-0.1, -0.05) is 6.08 Å². The zero-order valence-corrected chi connectivity index (χ0v) is 12.8. The van der Waals surface area contributed by atoms with E-state index in [-0.39, 0.29) is 11.2 Å². The Morgan fingerprint density at radius 2 is 2.24 bits per heavy atom. The van der Waals surface area contributed by atoms with E-state index in [1.54, 1.807) is 16.6 Å². The van der Waals surface area contributed by atoms with Gasteiger partial charge in [0, 0.05) is 25.2 Å². The topological polar surface area (TPSA) is 64.4 Å². The van der Waals surface area contributed by atoms with Crippen molar-refractivity contribution in [2.45, 2.75) is 31.2 Å². The van der Waals surface area contributed by atoms with Crippen molar-refractivity contribution < 1.29 is 13.2 Å². The molecule has 3 rings (SSSR count). The van der Waals surface area contributed by atoms with Crippen LogP contribution in [0.1, 0.15) is 18.5 Å². The molecule has 1 aromatic rings. The van der Waals surface area contributed by atoms with Crippen LogP contribution in [0.25, 0.3) is 0 Å². The molecule has 0 bridgehead atoms. The molecule has 1 unspecified atom stereocenters. The Morgan fingerprint density at radius 1 is 1.43 bits per heavy atom. The maximum atomic E-state index is 12.5. The summed E-state index contributed by atoms with van der Waals surface area (Å²) in [7, 11) is -3.18. The lowest BCUT2D eigenvalue weighted by Crippen LogP contribution is -2.37. The van der Waals surface area contributed by atoms with Crippen LogP contribution >= 0.6 is 0 Å². The van der Waals surface area contributed by atoms with Gasteiger partial charge in [-0.2, -0.15) is 9.40 Å². The highest BCUT2D eigenvalue weighted by molar-refractivity contribution is 7.90. The molecule has 21 heavy (non-hydrogen) atoms. The molecule has 0 saturated heterocycles. The second kappa shape index (κ2) is 5.90. The first-order valence-electron chi connectivity index (χ1n) is 7.29. The maximum absolute atomic E-state index is 12.5. The number of aromatic nitrogens is 2. The minimum atomic E-state index is -3.18. The van der Waals surface area contributed by atoms with E-state index in [2.05, 4.69) is 11.7 Å². The quantitative estimate of drug-likeness (QED) is 0.581. The van der Waals surface area contributed by atoms with Crippen molar-refractivity contribution in [1.29, 1.82) is 0 Å². The van der Waals surface area contributed by atoms with E-state index in [4.69, 9.17) is 4.74 Å². The van der Waals surface area contributed by atoms with Crippen molar-refractivity contribution in [3.8, 4) is 0 Å². The molecule has 7 heteroatoms. The van der Waals surface area contributed by atoms with Crippen molar-refractivity contribution in [2.75, 3.05) is 19.8 Å². The molecule has 1 aromatic heterocycles. The lowest BCUT2D eigenvalue weighted by atomic mass is 10.1. The third-order valence-corrected chi connectivity index (χ3v) is 6.24. The van der Waals surface area contributed by atoms with Gasteiger partial charge in [0.25, 0.3) is 0 Å². The van der Waals surface area contributed by atoms with E-state index >= 15 is 0 Å². The maximum Gasteiger partial charge on any atom is 0.217 e. The number of ether oxygens (including phenoxy) is 1. The summed E-state index contributed by atoms with van der Waals surface area (Å²) in [6.45, 7) is 6.23. The summed E-state index contributed by atoms with van der Waals surface area (Å²) in [5.74, 6) is 0.111. The molecule has 6 nitrogen and oxygen atoms in total. The molecule has 0 N–H and O–H groups in total. The first-order valence-corrected chi connectivity index (χ1v) is 8.80. The molecule has 1 aliphatic heterocycles. The predicted molar refractivity (Wildman–Crippen MR) is 79.1 cm³/mol. The Hall–Kier alpha value is -1.18. The van der Waals surface area contributed by atoms with E-state index in [0.29, 0.717) is 32.8 Å². The molecule has 116 valence electrons. The van der Waals surface area contributed by atoms with Gasteiger partial charge in [0.05, 0.1) is 30.7 Å². The number of fused-ring (bicyclic) bond motifs is 1. The van der Waals surface area contributed by atoms with Crippen molar-refractivity contribution in [3.05, 3.63) is 30.6 Å². The number of hydrogen-bond acceptors (Lipinski definition) is 4. The van der Waals surface area contributed by atoms with Crippen molar-refractivity contribution in [2.24, 2.45) is 5.92 Å². The summed E-state index contributed by atoms with van der Waals surface area (Å²) >= 11 is 0. The Labute approximate surface area is 125 Å². The Balaban J connectivity index is 1.79. The van der Waals surface area contributed by atoms with E-state index in [0.717, 1.165) is 18.5 Å². The highest BCUT2D eigenvalue weighted by Crippen LogP contribution is 2.33. The Morgan fingerprint density at radius 3 is 2.95 bits per heavy atom. The summed E-state index contributed by atoms with van der Waals surface area (Å²) in [6, 6.07) is 1.89. The third-order valence-electron chi connectivity index (χ3n) is 3.93. The average Bonchev–Trinajstić information content (AvgIpc) is 3.24. The molecule has 2 aliphatic rings. The molecule has 1 aliphatic carbocycles.